The van der Waals surface area contributed by atoms with E-state index in [1.165, 1.54) is 14.1 Å². The number of nitrogens with zero attached hydrogens (tertiary/aromatic N) is 3. The average Bonchev–Trinajstić information content (AvgIpc) is 1.88. The summed E-state index contributed by atoms with van der Waals surface area (Å²) in [5.74, 6) is -1.15. The van der Waals surface area contributed by atoms with Crippen LogP contribution in [0.25, 0.3) is 5.53 Å². The van der Waals surface area contributed by atoms with Crippen LogP contribution in [0, 0.1) is 0 Å². The Hall–Kier alpha value is -1.48. The molecule has 0 heterocycles. The van der Waals surface area contributed by atoms with Gasteiger partial charge in [0, 0.05) is 21.0 Å². The van der Waals surface area contributed by atoms with Gasteiger partial charge in [-0.3, -0.25) is 9.59 Å². The van der Waals surface area contributed by atoms with Crippen molar-refractivity contribution in [3.63, 3.8) is 0 Å². The molecule has 0 aromatic carbocycles. The molecule has 0 aliphatic rings. The van der Waals surface area contributed by atoms with Crippen molar-refractivity contribution in [3.05, 3.63) is 5.53 Å². The van der Waals surface area contributed by atoms with Gasteiger partial charge in [0.1, 0.15) is 0 Å². The second kappa shape index (κ2) is 3.63. The molecule has 0 aliphatic heterocycles. The number of carbonyl (C=O) groups excluding carboxylic acids is 2. The molecule has 0 N–H and O–H groups in total. The van der Waals surface area contributed by atoms with Crippen molar-refractivity contribution < 1.29 is 14.4 Å². The standard InChI is InChI=1S/C6H9N3O2/c1-4(10)5(8-7)6(11)9(2)3/h1-3H3. The summed E-state index contributed by atoms with van der Waals surface area (Å²) in [6.07, 6.45) is 0. The first-order chi connectivity index (χ1) is 5.00. The van der Waals surface area contributed by atoms with Crippen molar-refractivity contribution in [1.82, 2.24) is 4.90 Å². The quantitative estimate of drug-likeness (QED) is 0.229. The Labute approximate surface area is 64.2 Å². The van der Waals surface area contributed by atoms with Crippen LogP contribution in [0.15, 0.2) is 0 Å². The van der Waals surface area contributed by atoms with E-state index >= 15 is 0 Å². The Bertz CT molecular complexity index is 238. The molecule has 0 saturated carbocycles. The van der Waals surface area contributed by atoms with Crippen LogP contribution in [-0.4, -0.2) is 41.2 Å². The third kappa shape index (κ3) is 2.31. The normalized spacial score (nSPS) is 8.27. The summed E-state index contributed by atoms with van der Waals surface area (Å²) in [6, 6.07) is 0. The highest BCUT2D eigenvalue weighted by Crippen LogP contribution is 1.83. The molecular weight excluding hydrogens is 146 g/mol. The largest absolute Gasteiger partial charge is 0.421 e. The monoisotopic (exact) mass is 155 g/mol. The van der Waals surface area contributed by atoms with Crippen LogP contribution in [0.1, 0.15) is 6.92 Å². The molecule has 0 rings (SSSR count). The fourth-order valence-electron chi connectivity index (χ4n) is 0.476. The van der Waals surface area contributed by atoms with Gasteiger partial charge in [-0.15, -0.1) is 0 Å². The van der Waals surface area contributed by atoms with Gasteiger partial charge in [0.25, 0.3) is 0 Å². The van der Waals surface area contributed by atoms with Gasteiger partial charge in [-0.05, 0) is 0 Å². The van der Waals surface area contributed by atoms with Crippen LogP contribution in [0.4, 0.5) is 0 Å². The lowest BCUT2D eigenvalue weighted by Gasteiger charge is -2.03. The summed E-state index contributed by atoms with van der Waals surface area (Å²) in [4.78, 5) is 25.3. The zero-order valence-corrected chi connectivity index (χ0v) is 6.66. The van der Waals surface area contributed by atoms with Gasteiger partial charge in [0.05, 0.1) is 0 Å². The molecule has 0 unspecified atom stereocenters. The predicted molar refractivity (Wildman–Crippen MR) is 38.0 cm³/mol. The summed E-state index contributed by atoms with van der Waals surface area (Å²) in [5, 5.41) is 0. The zero-order valence-electron chi connectivity index (χ0n) is 6.66. The second-order valence-corrected chi connectivity index (χ2v) is 2.20. The first-order valence-electron chi connectivity index (χ1n) is 2.95. The van der Waals surface area contributed by atoms with E-state index in [0.29, 0.717) is 0 Å². The van der Waals surface area contributed by atoms with E-state index in [4.69, 9.17) is 5.53 Å². The van der Waals surface area contributed by atoms with Crippen molar-refractivity contribution in [1.29, 1.82) is 0 Å². The van der Waals surface area contributed by atoms with Gasteiger partial charge < -0.3 is 10.4 Å². The Morgan fingerprint density at radius 2 is 1.82 bits per heavy atom. The molecule has 0 aromatic heterocycles. The van der Waals surface area contributed by atoms with Gasteiger partial charge in [0.15, 0.2) is 0 Å². The maximum Gasteiger partial charge on any atom is 0.421 e. The Kier molecular flexibility index (Phi) is 3.14. The van der Waals surface area contributed by atoms with Crippen LogP contribution in [0.3, 0.4) is 0 Å². The average molecular weight is 155 g/mol. The SMILES string of the molecule is CC(=O)C(=[N+]=[N-])C(=O)N(C)C. The van der Waals surface area contributed by atoms with Crippen molar-refractivity contribution in [2.24, 2.45) is 0 Å². The molecule has 60 valence electrons. The van der Waals surface area contributed by atoms with Crippen LogP contribution < -0.4 is 0 Å². The Balaban J connectivity index is 4.70. The predicted octanol–water partition coefficient (Wildman–Crippen LogP) is -0.666. The molecular formula is C6H9N3O2. The van der Waals surface area contributed by atoms with Crippen molar-refractivity contribution in [3.8, 4) is 0 Å². The summed E-state index contributed by atoms with van der Waals surface area (Å²) in [7, 11) is 2.94. The first kappa shape index (κ1) is 9.52. The van der Waals surface area contributed by atoms with Crippen LogP contribution in [0.2, 0.25) is 0 Å². The molecule has 11 heavy (non-hydrogen) atoms. The van der Waals surface area contributed by atoms with Crippen LogP contribution in [0.5, 0.6) is 0 Å². The molecule has 5 heteroatoms. The fraction of sp³-hybridized carbons (Fsp3) is 0.500. The summed E-state index contributed by atoms with van der Waals surface area (Å²) >= 11 is 0. The molecule has 0 aromatic rings. The maximum absolute atomic E-state index is 10.9. The third-order valence-electron chi connectivity index (χ3n) is 1.04. The Morgan fingerprint density at radius 1 is 1.36 bits per heavy atom. The smallest absolute Gasteiger partial charge is 0.360 e. The number of hydrogen-bond acceptors (Lipinski definition) is 2. The molecule has 0 saturated heterocycles. The van der Waals surface area contributed by atoms with Gasteiger partial charge in [0.2, 0.25) is 5.78 Å². The molecule has 0 bridgehead atoms. The lowest BCUT2D eigenvalue weighted by molar-refractivity contribution is -0.129. The highest BCUT2D eigenvalue weighted by atomic mass is 16.2. The van der Waals surface area contributed by atoms with Gasteiger partial charge >= 0.3 is 11.6 Å². The molecule has 0 fully saturated rings. The van der Waals surface area contributed by atoms with Crippen molar-refractivity contribution in [2.75, 3.05) is 14.1 Å². The number of Topliss-reactive ketones (excluding diaryl/α,β-unsaturated/α-hetero) is 1. The molecule has 0 aliphatic carbocycles. The topological polar surface area (TPSA) is 73.8 Å². The van der Waals surface area contributed by atoms with E-state index in [2.05, 4.69) is 4.79 Å². The summed E-state index contributed by atoms with van der Waals surface area (Å²) < 4.78 is 0. The minimum atomic E-state index is -0.597. The molecule has 5 nitrogen and oxygen atoms in total. The summed E-state index contributed by atoms with van der Waals surface area (Å²) in [6.45, 7) is 1.16. The third-order valence-corrected chi connectivity index (χ3v) is 1.04. The first-order valence-corrected chi connectivity index (χ1v) is 2.95. The lowest BCUT2D eigenvalue weighted by Crippen LogP contribution is -2.34. The summed E-state index contributed by atoms with van der Waals surface area (Å²) in [5.41, 5.74) is 7.79. The number of hydrogen-bond donors (Lipinski definition) is 0. The zero-order chi connectivity index (χ0) is 9.02. The highest BCUT2D eigenvalue weighted by molar-refractivity contribution is 6.63. The van der Waals surface area contributed by atoms with Crippen molar-refractivity contribution >= 4 is 17.4 Å². The van der Waals surface area contributed by atoms with Gasteiger partial charge in [-0.2, -0.15) is 4.79 Å². The number of rotatable bonds is 2. The molecule has 0 radical (unpaired) electrons. The second-order valence-electron chi connectivity index (χ2n) is 2.20. The number of ketones is 1. The van der Waals surface area contributed by atoms with E-state index in [1.54, 1.807) is 0 Å². The fourth-order valence-corrected chi connectivity index (χ4v) is 0.476. The maximum atomic E-state index is 10.9. The van der Waals surface area contributed by atoms with E-state index in [-0.39, 0.29) is 0 Å². The Morgan fingerprint density at radius 3 is 1.91 bits per heavy atom. The lowest BCUT2D eigenvalue weighted by atomic mass is 10.2. The number of amides is 1. The van der Waals surface area contributed by atoms with Crippen LogP contribution in [-0.2, 0) is 9.59 Å². The molecule has 0 atom stereocenters. The minimum Gasteiger partial charge on any atom is -0.360 e. The van der Waals surface area contributed by atoms with E-state index in [1.807, 2.05) is 0 Å². The van der Waals surface area contributed by atoms with E-state index < -0.39 is 17.4 Å². The highest BCUT2D eigenvalue weighted by Gasteiger charge is 2.26. The minimum absolute atomic E-state index is 0.449. The van der Waals surface area contributed by atoms with Gasteiger partial charge in [-0.1, -0.05) is 0 Å². The van der Waals surface area contributed by atoms with E-state index in [9.17, 15) is 9.59 Å². The van der Waals surface area contributed by atoms with Crippen molar-refractivity contribution in [2.45, 2.75) is 6.92 Å². The van der Waals surface area contributed by atoms with Gasteiger partial charge in [-0.25, -0.2) is 0 Å². The molecule has 1 amide bonds. The van der Waals surface area contributed by atoms with Crippen LogP contribution >= 0.6 is 0 Å². The molecule has 0 spiro atoms. The number of carbonyl (C=O) groups is 2. The van der Waals surface area contributed by atoms with E-state index in [0.717, 1.165) is 11.8 Å².